The molecule has 0 unspecified atom stereocenters. The van der Waals surface area contributed by atoms with E-state index in [4.69, 9.17) is 10.2 Å². The van der Waals surface area contributed by atoms with E-state index in [1.54, 1.807) is 0 Å². The normalized spacial score (nSPS) is 33.4. The lowest BCUT2D eigenvalue weighted by Crippen LogP contribution is -2.43. The maximum atomic E-state index is 13.0. The average Bonchev–Trinajstić information content (AvgIpc) is 2.28. The zero-order chi connectivity index (χ0) is 10.2. The van der Waals surface area contributed by atoms with E-state index in [0.717, 1.165) is 0 Å². The van der Waals surface area contributed by atoms with Gasteiger partial charge < -0.3 is 10.2 Å². The first-order valence-electron chi connectivity index (χ1n) is 3.83. The number of nitrogens with zero attached hydrogens (tertiary/aromatic N) is 1. The maximum Gasteiger partial charge on any atom is 0.408 e. The zero-order valence-corrected chi connectivity index (χ0v) is 6.98. The van der Waals surface area contributed by atoms with Crippen molar-refractivity contribution in [1.29, 1.82) is 0 Å². The van der Waals surface area contributed by atoms with Crippen molar-refractivity contribution in [1.82, 2.24) is 4.90 Å². The number of alkyl halides is 1. The lowest BCUT2D eigenvalue weighted by atomic mass is 10.2. The van der Waals surface area contributed by atoms with Gasteiger partial charge in [0.25, 0.3) is 0 Å². The summed E-state index contributed by atoms with van der Waals surface area (Å²) in [7, 11) is 0. The lowest BCUT2D eigenvalue weighted by molar-refractivity contribution is -0.141. The van der Waals surface area contributed by atoms with Crippen molar-refractivity contribution in [2.24, 2.45) is 0 Å². The molecule has 74 valence electrons. The van der Waals surface area contributed by atoms with Gasteiger partial charge in [-0.3, -0.25) is 4.90 Å². The SMILES string of the molecule is C[C@H]1[C@H](F)C[C@H](C(=O)O)N1C(=O)O. The Morgan fingerprint density at radius 2 is 2.00 bits per heavy atom. The summed E-state index contributed by atoms with van der Waals surface area (Å²) in [6.45, 7) is 1.36. The number of halogens is 1. The molecule has 0 saturated carbocycles. The van der Waals surface area contributed by atoms with E-state index in [1.165, 1.54) is 6.92 Å². The van der Waals surface area contributed by atoms with Crippen LogP contribution >= 0.6 is 0 Å². The van der Waals surface area contributed by atoms with Crippen LogP contribution in [-0.4, -0.2) is 45.4 Å². The van der Waals surface area contributed by atoms with E-state index in [1.807, 2.05) is 0 Å². The largest absolute Gasteiger partial charge is 0.480 e. The minimum absolute atomic E-state index is 0.261. The van der Waals surface area contributed by atoms with Gasteiger partial charge in [0.2, 0.25) is 0 Å². The van der Waals surface area contributed by atoms with Crippen LogP contribution in [0.25, 0.3) is 0 Å². The van der Waals surface area contributed by atoms with Crippen LogP contribution in [0.5, 0.6) is 0 Å². The third kappa shape index (κ3) is 1.56. The van der Waals surface area contributed by atoms with E-state index >= 15 is 0 Å². The molecule has 0 aliphatic carbocycles. The second-order valence-corrected chi connectivity index (χ2v) is 3.04. The van der Waals surface area contributed by atoms with Crippen molar-refractivity contribution in [2.45, 2.75) is 31.6 Å². The number of carbonyl (C=O) groups is 2. The maximum absolute atomic E-state index is 13.0. The smallest absolute Gasteiger partial charge is 0.408 e. The van der Waals surface area contributed by atoms with Crippen molar-refractivity contribution in [3.05, 3.63) is 0 Å². The van der Waals surface area contributed by atoms with Gasteiger partial charge in [0.15, 0.2) is 0 Å². The van der Waals surface area contributed by atoms with Crippen molar-refractivity contribution in [3.8, 4) is 0 Å². The first kappa shape index (κ1) is 9.76. The van der Waals surface area contributed by atoms with E-state index in [-0.39, 0.29) is 6.42 Å². The third-order valence-electron chi connectivity index (χ3n) is 2.25. The molecule has 2 N–H and O–H groups in total. The fraction of sp³-hybridized carbons (Fsp3) is 0.714. The van der Waals surface area contributed by atoms with Crippen LogP contribution < -0.4 is 0 Å². The Labute approximate surface area is 73.8 Å². The Morgan fingerprint density at radius 3 is 2.31 bits per heavy atom. The molecular formula is C7H10FNO4. The highest BCUT2D eigenvalue weighted by molar-refractivity contribution is 5.80. The van der Waals surface area contributed by atoms with Gasteiger partial charge in [0.1, 0.15) is 12.2 Å². The van der Waals surface area contributed by atoms with Crippen LogP contribution in [0.4, 0.5) is 9.18 Å². The molecule has 6 heteroatoms. The van der Waals surface area contributed by atoms with Crippen molar-refractivity contribution in [3.63, 3.8) is 0 Å². The molecule has 1 amide bonds. The Balaban J connectivity index is 2.86. The van der Waals surface area contributed by atoms with Gasteiger partial charge in [-0.2, -0.15) is 0 Å². The van der Waals surface area contributed by atoms with Crippen LogP contribution in [0, 0.1) is 0 Å². The topological polar surface area (TPSA) is 77.8 Å². The van der Waals surface area contributed by atoms with E-state index in [9.17, 15) is 14.0 Å². The lowest BCUT2D eigenvalue weighted by Gasteiger charge is -2.21. The number of carboxylic acids is 1. The first-order valence-corrected chi connectivity index (χ1v) is 3.83. The average molecular weight is 191 g/mol. The Morgan fingerprint density at radius 1 is 1.46 bits per heavy atom. The Kier molecular flexibility index (Phi) is 2.40. The Bertz CT molecular complexity index is 245. The molecular weight excluding hydrogens is 181 g/mol. The van der Waals surface area contributed by atoms with E-state index in [0.29, 0.717) is 4.90 Å². The van der Waals surface area contributed by atoms with Gasteiger partial charge in [-0.25, -0.2) is 14.0 Å². The summed E-state index contributed by atoms with van der Waals surface area (Å²) in [6, 6.07) is -2.12. The van der Waals surface area contributed by atoms with E-state index < -0.39 is 30.3 Å². The summed E-state index contributed by atoms with van der Waals surface area (Å²) in [5.41, 5.74) is 0. The number of hydrogen-bond acceptors (Lipinski definition) is 2. The van der Waals surface area contributed by atoms with Gasteiger partial charge in [-0.1, -0.05) is 0 Å². The molecule has 0 aromatic rings. The predicted molar refractivity (Wildman–Crippen MR) is 40.3 cm³/mol. The zero-order valence-electron chi connectivity index (χ0n) is 6.98. The number of carboxylic acid groups (broad SMARTS) is 2. The van der Waals surface area contributed by atoms with Gasteiger partial charge in [0.05, 0.1) is 6.04 Å². The molecule has 0 spiro atoms. The van der Waals surface area contributed by atoms with Crippen molar-refractivity contribution in [2.75, 3.05) is 0 Å². The predicted octanol–water partition coefficient (Wildman–Crippen LogP) is 0.550. The van der Waals surface area contributed by atoms with Gasteiger partial charge >= 0.3 is 12.1 Å². The third-order valence-corrected chi connectivity index (χ3v) is 2.25. The molecule has 0 aromatic heterocycles. The van der Waals surface area contributed by atoms with Gasteiger partial charge in [0, 0.05) is 6.42 Å². The summed E-state index contributed by atoms with van der Waals surface area (Å²) < 4.78 is 13.0. The minimum atomic E-state index is -1.39. The minimum Gasteiger partial charge on any atom is -0.480 e. The molecule has 1 saturated heterocycles. The van der Waals surface area contributed by atoms with Gasteiger partial charge in [-0.15, -0.1) is 0 Å². The highest BCUT2D eigenvalue weighted by Gasteiger charge is 2.45. The van der Waals surface area contributed by atoms with Crippen LogP contribution in [0.1, 0.15) is 13.3 Å². The molecule has 1 heterocycles. The molecule has 5 nitrogen and oxygen atoms in total. The fourth-order valence-corrected chi connectivity index (χ4v) is 1.51. The molecule has 1 fully saturated rings. The second kappa shape index (κ2) is 3.20. The molecule has 3 atom stereocenters. The molecule has 1 aliphatic heterocycles. The molecule has 0 radical (unpaired) electrons. The molecule has 1 rings (SSSR count). The molecule has 1 aliphatic rings. The van der Waals surface area contributed by atoms with Crippen molar-refractivity contribution >= 4 is 12.1 Å². The monoisotopic (exact) mass is 191 g/mol. The number of amides is 1. The summed E-state index contributed by atoms with van der Waals surface area (Å²) in [5, 5.41) is 17.2. The molecule has 13 heavy (non-hydrogen) atoms. The number of aliphatic carboxylic acids is 1. The number of likely N-dealkylation sites (tertiary alicyclic amines) is 1. The fourth-order valence-electron chi connectivity index (χ4n) is 1.51. The summed E-state index contributed by atoms with van der Waals surface area (Å²) in [4.78, 5) is 21.8. The standard InChI is InChI=1S/C7H10FNO4/c1-3-4(8)2-5(6(10)11)9(3)7(12)13/h3-5H,2H2,1H3,(H,10,11)(H,12,13)/t3-,4+,5+/m0/s1. The van der Waals surface area contributed by atoms with Crippen LogP contribution in [0.15, 0.2) is 0 Å². The van der Waals surface area contributed by atoms with Crippen molar-refractivity contribution < 1.29 is 24.2 Å². The summed E-state index contributed by atoms with van der Waals surface area (Å²) >= 11 is 0. The number of hydrogen-bond donors (Lipinski definition) is 2. The van der Waals surface area contributed by atoms with Crippen LogP contribution in [-0.2, 0) is 4.79 Å². The first-order chi connectivity index (χ1) is 5.95. The summed E-state index contributed by atoms with van der Waals surface area (Å²) in [5.74, 6) is -1.30. The van der Waals surface area contributed by atoms with Gasteiger partial charge in [-0.05, 0) is 6.92 Å². The molecule has 0 aromatic carbocycles. The highest BCUT2D eigenvalue weighted by atomic mass is 19.1. The highest BCUT2D eigenvalue weighted by Crippen LogP contribution is 2.26. The quantitative estimate of drug-likeness (QED) is 0.634. The van der Waals surface area contributed by atoms with Crippen LogP contribution in [0.3, 0.4) is 0 Å². The van der Waals surface area contributed by atoms with E-state index in [2.05, 4.69) is 0 Å². The molecule has 0 bridgehead atoms. The number of rotatable bonds is 1. The second-order valence-electron chi connectivity index (χ2n) is 3.04. The summed E-state index contributed by atoms with van der Waals surface area (Å²) in [6.07, 6.45) is -3.04. The van der Waals surface area contributed by atoms with Crippen LogP contribution in [0.2, 0.25) is 0 Å². The Hall–Kier alpha value is -1.33.